The normalized spacial score (nSPS) is 12.6. The largest absolute Gasteiger partial charge is 0.248 e. The average Bonchev–Trinajstić information content (AvgIpc) is 1.80. The monoisotopic (exact) mass is 127 g/mol. The van der Waals surface area contributed by atoms with Crippen molar-refractivity contribution in [2.24, 2.45) is 0 Å². The van der Waals surface area contributed by atoms with E-state index in [0.29, 0.717) is 12.8 Å². The maximum atomic E-state index is 12.1. The Hall–Kier alpha value is -0.510. The number of hydrogen-bond acceptors (Lipinski definition) is 0. The molecule has 0 aromatic carbocycles. The van der Waals surface area contributed by atoms with Crippen LogP contribution in [0.1, 0.15) is 32.6 Å². The van der Waals surface area contributed by atoms with Crippen molar-refractivity contribution in [3.63, 3.8) is 0 Å². The predicted molar refractivity (Wildman–Crippen MR) is 36.2 cm³/mol. The molecule has 51 valence electrons. The molecule has 1 atom stereocenters. The summed E-state index contributed by atoms with van der Waals surface area (Å²) in [4.78, 5) is 0. The molecule has 0 saturated carbocycles. The van der Waals surface area contributed by atoms with Crippen molar-refractivity contribution in [2.45, 2.75) is 38.8 Å². The van der Waals surface area contributed by atoms with Gasteiger partial charge < -0.3 is 0 Å². The van der Waals surface area contributed by atoms with Crippen molar-refractivity contribution in [3.05, 3.63) is 6.42 Å². The SMILES string of the molecule is [C]#CCCCCC(C)F. The molecule has 0 saturated heterocycles. The van der Waals surface area contributed by atoms with Crippen LogP contribution >= 0.6 is 0 Å². The molecule has 1 unspecified atom stereocenters. The number of alkyl halides is 1. The van der Waals surface area contributed by atoms with Gasteiger partial charge in [0.25, 0.3) is 0 Å². The minimum Gasteiger partial charge on any atom is -0.248 e. The lowest BCUT2D eigenvalue weighted by atomic mass is 10.1. The fourth-order valence-corrected chi connectivity index (χ4v) is 0.639. The van der Waals surface area contributed by atoms with Gasteiger partial charge in [-0.1, -0.05) is 5.92 Å². The summed E-state index contributed by atoms with van der Waals surface area (Å²) < 4.78 is 12.1. The zero-order valence-electron chi connectivity index (χ0n) is 5.78. The van der Waals surface area contributed by atoms with Gasteiger partial charge in [0.15, 0.2) is 0 Å². The van der Waals surface area contributed by atoms with Crippen LogP contribution in [0.15, 0.2) is 0 Å². The molecule has 0 rings (SSSR count). The van der Waals surface area contributed by atoms with Crippen LogP contribution in [0.3, 0.4) is 0 Å². The summed E-state index contributed by atoms with van der Waals surface area (Å²) in [7, 11) is 0. The zero-order valence-corrected chi connectivity index (χ0v) is 5.78. The predicted octanol–water partition coefficient (Wildman–Crippen LogP) is 2.49. The molecule has 0 nitrogen and oxygen atoms in total. The minimum absolute atomic E-state index is 0.627. The van der Waals surface area contributed by atoms with E-state index in [1.54, 1.807) is 6.92 Å². The van der Waals surface area contributed by atoms with Gasteiger partial charge >= 0.3 is 0 Å². The van der Waals surface area contributed by atoms with E-state index in [0.717, 1.165) is 12.8 Å². The summed E-state index contributed by atoms with van der Waals surface area (Å²) in [5.41, 5.74) is 0. The van der Waals surface area contributed by atoms with Gasteiger partial charge in [0.05, 0.1) is 6.17 Å². The first-order chi connectivity index (χ1) is 4.27. The first-order valence-corrected chi connectivity index (χ1v) is 3.31. The highest BCUT2D eigenvalue weighted by Crippen LogP contribution is 2.04. The molecule has 0 fully saturated rings. The molecule has 9 heavy (non-hydrogen) atoms. The summed E-state index contributed by atoms with van der Waals surface area (Å²) in [6.45, 7) is 1.56. The summed E-state index contributed by atoms with van der Waals surface area (Å²) in [5.74, 6) is 2.27. The molecule has 0 spiro atoms. The number of hydrogen-bond donors (Lipinski definition) is 0. The van der Waals surface area contributed by atoms with Crippen LogP contribution in [-0.4, -0.2) is 6.17 Å². The fourth-order valence-electron chi connectivity index (χ4n) is 0.639. The number of rotatable bonds is 4. The molecule has 0 heterocycles. The van der Waals surface area contributed by atoms with Crippen LogP contribution in [0.2, 0.25) is 0 Å². The second-order valence-electron chi connectivity index (χ2n) is 2.20. The van der Waals surface area contributed by atoms with Gasteiger partial charge in [-0.25, -0.2) is 4.39 Å². The maximum Gasteiger partial charge on any atom is 0.0973 e. The van der Waals surface area contributed by atoms with E-state index in [1.807, 2.05) is 0 Å². The number of unbranched alkanes of at least 4 members (excludes halogenated alkanes) is 2. The molecule has 1 heteroatoms. The third kappa shape index (κ3) is 7.49. The van der Waals surface area contributed by atoms with Crippen molar-refractivity contribution < 1.29 is 4.39 Å². The second-order valence-corrected chi connectivity index (χ2v) is 2.20. The van der Waals surface area contributed by atoms with Gasteiger partial charge in [-0.3, -0.25) is 0 Å². The molecule has 0 aromatic rings. The van der Waals surface area contributed by atoms with Crippen molar-refractivity contribution in [2.75, 3.05) is 0 Å². The molecule has 0 N–H and O–H groups in total. The lowest BCUT2D eigenvalue weighted by Gasteiger charge is -1.97. The Morgan fingerprint density at radius 3 is 2.67 bits per heavy atom. The third-order valence-electron chi connectivity index (χ3n) is 1.15. The summed E-state index contributed by atoms with van der Waals surface area (Å²) in [5, 5.41) is 0. The van der Waals surface area contributed by atoms with Crippen LogP contribution in [0.5, 0.6) is 0 Å². The van der Waals surface area contributed by atoms with Gasteiger partial charge in [-0.2, -0.15) is 0 Å². The van der Waals surface area contributed by atoms with Gasteiger partial charge in [-0.05, 0) is 32.6 Å². The van der Waals surface area contributed by atoms with Gasteiger partial charge in [0.2, 0.25) is 0 Å². The maximum absolute atomic E-state index is 12.1. The second kappa shape index (κ2) is 5.62. The van der Waals surface area contributed by atoms with Crippen molar-refractivity contribution in [3.8, 4) is 5.92 Å². The molecular formula is C8H12F. The molecule has 1 radical (unpaired) electrons. The number of halogens is 1. The Labute approximate surface area is 56.5 Å². The minimum atomic E-state index is -0.685. The van der Waals surface area contributed by atoms with Crippen LogP contribution in [-0.2, 0) is 0 Å². The smallest absolute Gasteiger partial charge is 0.0973 e. The molecule has 0 aliphatic carbocycles. The van der Waals surface area contributed by atoms with Crippen LogP contribution in [0.4, 0.5) is 4.39 Å². The highest BCUT2D eigenvalue weighted by Gasteiger charge is 1.95. The van der Waals surface area contributed by atoms with Crippen molar-refractivity contribution >= 4 is 0 Å². The Morgan fingerprint density at radius 2 is 2.22 bits per heavy atom. The van der Waals surface area contributed by atoms with Gasteiger partial charge in [-0.15, -0.1) is 0 Å². The quantitative estimate of drug-likeness (QED) is 0.402. The molecule has 0 aromatic heterocycles. The van der Waals surface area contributed by atoms with E-state index >= 15 is 0 Å². The van der Waals surface area contributed by atoms with E-state index in [9.17, 15) is 4.39 Å². The topological polar surface area (TPSA) is 0 Å². The van der Waals surface area contributed by atoms with E-state index in [4.69, 9.17) is 6.42 Å². The molecule has 0 amide bonds. The first kappa shape index (κ1) is 8.49. The molecule has 0 bridgehead atoms. The fraction of sp³-hybridized carbons (Fsp3) is 0.750. The summed E-state index contributed by atoms with van der Waals surface area (Å²) in [6, 6.07) is 0. The van der Waals surface area contributed by atoms with Crippen molar-refractivity contribution in [1.29, 1.82) is 0 Å². The Bertz CT molecular complexity index is 89.2. The Morgan fingerprint density at radius 1 is 1.56 bits per heavy atom. The Balaban J connectivity index is 2.85. The van der Waals surface area contributed by atoms with Gasteiger partial charge in [0, 0.05) is 6.42 Å². The average molecular weight is 127 g/mol. The van der Waals surface area contributed by atoms with E-state index in [2.05, 4.69) is 5.92 Å². The molecular weight excluding hydrogens is 115 g/mol. The highest BCUT2D eigenvalue weighted by molar-refractivity contribution is 4.74. The highest BCUT2D eigenvalue weighted by atomic mass is 19.1. The first-order valence-electron chi connectivity index (χ1n) is 3.31. The third-order valence-corrected chi connectivity index (χ3v) is 1.15. The lowest BCUT2D eigenvalue weighted by Crippen LogP contribution is -1.90. The Kier molecular flexibility index (Phi) is 5.30. The molecule has 0 aliphatic heterocycles. The van der Waals surface area contributed by atoms with Crippen molar-refractivity contribution in [1.82, 2.24) is 0 Å². The summed E-state index contributed by atoms with van der Waals surface area (Å²) in [6.07, 6.45) is 8.94. The van der Waals surface area contributed by atoms with Crippen LogP contribution in [0, 0.1) is 12.3 Å². The van der Waals surface area contributed by atoms with E-state index < -0.39 is 6.17 Å². The molecule has 0 aliphatic rings. The van der Waals surface area contributed by atoms with E-state index in [-0.39, 0.29) is 0 Å². The van der Waals surface area contributed by atoms with E-state index in [1.165, 1.54) is 0 Å². The summed E-state index contributed by atoms with van der Waals surface area (Å²) >= 11 is 0. The standard InChI is InChI=1S/C8H12F/c1-3-4-5-6-7-8(2)9/h8H,4-7H2,2H3. The van der Waals surface area contributed by atoms with Crippen LogP contribution in [0.25, 0.3) is 0 Å². The van der Waals surface area contributed by atoms with Gasteiger partial charge in [0.1, 0.15) is 0 Å². The van der Waals surface area contributed by atoms with Crippen LogP contribution < -0.4 is 0 Å². The lowest BCUT2D eigenvalue weighted by molar-refractivity contribution is 0.332. The zero-order chi connectivity index (χ0) is 7.11.